The largest absolute Gasteiger partial charge is 0.494 e. The fourth-order valence-electron chi connectivity index (χ4n) is 3.30. The van der Waals surface area contributed by atoms with E-state index in [-0.39, 0.29) is 0 Å². The topological polar surface area (TPSA) is 18.5 Å². The van der Waals surface area contributed by atoms with Crippen LogP contribution >= 0.6 is 0 Å². The summed E-state index contributed by atoms with van der Waals surface area (Å²) in [5.74, 6) is -0.707. The number of benzene rings is 2. The predicted molar refractivity (Wildman–Crippen MR) is 106 cm³/mol. The van der Waals surface area contributed by atoms with Crippen molar-refractivity contribution in [1.29, 1.82) is 0 Å². The standard InChI is InChI=1S/C22H27BF2O2/c1-14(2)9-15-10-16(19-8-7-18(24)13-20(19)25)12-17(11-15)23-26-21(3,4)22(5,6)27-23/h7-8,10-14H,9H2,1-6H3. The molecule has 0 amide bonds. The van der Waals surface area contributed by atoms with Crippen LogP contribution in [-0.2, 0) is 15.7 Å². The summed E-state index contributed by atoms with van der Waals surface area (Å²) in [6.07, 6.45) is 0.850. The van der Waals surface area contributed by atoms with E-state index in [1.165, 1.54) is 12.1 Å². The van der Waals surface area contributed by atoms with Gasteiger partial charge in [0.2, 0.25) is 0 Å². The van der Waals surface area contributed by atoms with Gasteiger partial charge in [-0.05, 0) is 68.8 Å². The van der Waals surface area contributed by atoms with E-state index >= 15 is 0 Å². The Bertz CT molecular complexity index is 830. The predicted octanol–water partition coefficient (Wildman–Crippen LogP) is 5.13. The van der Waals surface area contributed by atoms with Crippen LogP contribution in [0.4, 0.5) is 8.78 Å². The van der Waals surface area contributed by atoms with E-state index in [0.29, 0.717) is 17.0 Å². The van der Waals surface area contributed by atoms with Gasteiger partial charge in [-0.25, -0.2) is 8.78 Å². The number of hydrogen-bond acceptors (Lipinski definition) is 2. The molecule has 1 aliphatic heterocycles. The third-order valence-corrected chi connectivity index (χ3v) is 5.43. The van der Waals surface area contributed by atoms with Crippen LogP contribution in [0.1, 0.15) is 47.1 Å². The molecule has 27 heavy (non-hydrogen) atoms. The molecule has 0 saturated carbocycles. The quantitative estimate of drug-likeness (QED) is 0.693. The Morgan fingerprint density at radius 1 is 0.926 bits per heavy atom. The van der Waals surface area contributed by atoms with E-state index in [1.807, 2.05) is 39.8 Å². The molecule has 0 atom stereocenters. The zero-order valence-corrected chi connectivity index (χ0v) is 16.9. The Kier molecular flexibility index (Phi) is 5.21. The van der Waals surface area contributed by atoms with Gasteiger partial charge in [-0.1, -0.05) is 32.0 Å². The molecule has 0 unspecified atom stereocenters. The highest BCUT2D eigenvalue weighted by Gasteiger charge is 2.51. The minimum absolute atomic E-state index is 0.375. The Hall–Kier alpha value is -1.72. The summed E-state index contributed by atoms with van der Waals surface area (Å²) < 4.78 is 40.1. The second-order valence-electron chi connectivity index (χ2n) is 8.77. The maximum Gasteiger partial charge on any atom is 0.494 e. The van der Waals surface area contributed by atoms with E-state index in [4.69, 9.17) is 9.31 Å². The van der Waals surface area contributed by atoms with Gasteiger partial charge >= 0.3 is 7.12 Å². The van der Waals surface area contributed by atoms with Crippen LogP contribution in [0.2, 0.25) is 0 Å². The highest BCUT2D eigenvalue weighted by molar-refractivity contribution is 6.62. The smallest absolute Gasteiger partial charge is 0.399 e. The Balaban J connectivity index is 2.07. The van der Waals surface area contributed by atoms with Crippen molar-refractivity contribution < 1.29 is 18.1 Å². The fraction of sp³-hybridized carbons (Fsp3) is 0.455. The maximum atomic E-state index is 14.4. The van der Waals surface area contributed by atoms with Crippen LogP contribution in [0.3, 0.4) is 0 Å². The molecular formula is C22H27BF2O2. The van der Waals surface area contributed by atoms with Gasteiger partial charge in [0.15, 0.2) is 0 Å². The molecule has 5 heteroatoms. The fourth-order valence-corrected chi connectivity index (χ4v) is 3.30. The first-order valence-corrected chi connectivity index (χ1v) is 9.43. The van der Waals surface area contributed by atoms with Crippen molar-refractivity contribution in [3.05, 3.63) is 53.6 Å². The minimum atomic E-state index is -0.583. The van der Waals surface area contributed by atoms with Gasteiger partial charge in [0.05, 0.1) is 11.2 Å². The monoisotopic (exact) mass is 372 g/mol. The molecule has 2 aromatic rings. The molecule has 1 saturated heterocycles. The van der Waals surface area contributed by atoms with E-state index in [9.17, 15) is 8.78 Å². The highest BCUT2D eigenvalue weighted by Crippen LogP contribution is 2.37. The van der Waals surface area contributed by atoms with Crippen LogP contribution in [0.5, 0.6) is 0 Å². The number of hydrogen-bond donors (Lipinski definition) is 0. The molecule has 144 valence electrons. The molecule has 0 spiro atoms. The lowest BCUT2D eigenvalue weighted by molar-refractivity contribution is 0.00578. The molecule has 3 rings (SSSR count). The molecule has 1 fully saturated rings. The molecule has 0 aromatic heterocycles. The third kappa shape index (κ3) is 4.09. The van der Waals surface area contributed by atoms with Gasteiger partial charge < -0.3 is 9.31 Å². The molecule has 0 radical (unpaired) electrons. The summed E-state index contributed by atoms with van der Waals surface area (Å²) >= 11 is 0. The lowest BCUT2D eigenvalue weighted by Gasteiger charge is -2.32. The first-order chi connectivity index (χ1) is 12.5. The summed E-state index contributed by atoms with van der Waals surface area (Å²) in [7, 11) is -0.524. The van der Waals surface area contributed by atoms with Crippen molar-refractivity contribution in [3.8, 4) is 11.1 Å². The number of rotatable bonds is 4. The van der Waals surface area contributed by atoms with Crippen molar-refractivity contribution in [2.45, 2.75) is 59.2 Å². The second-order valence-corrected chi connectivity index (χ2v) is 8.77. The van der Waals surface area contributed by atoms with E-state index in [1.54, 1.807) is 0 Å². The molecule has 2 aromatic carbocycles. The van der Waals surface area contributed by atoms with Crippen LogP contribution < -0.4 is 5.46 Å². The summed E-state index contributed by atoms with van der Waals surface area (Å²) in [5.41, 5.74) is 2.11. The molecule has 1 aliphatic rings. The Labute approximate surface area is 161 Å². The molecule has 0 aliphatic carbocycles. The Morgan fingerprint density at radius 2 is 1.56 bits per heavy atom. The van der Waals surface area contributed by atoms with Crippen LogP contribution in [0.15, 0.2) is 36.4 Å². The first kappa shape index (κ1) is 20.0. The normalized spacial score (nSPS) is 18.3. The maximum absolute atomic E-state index is 14.4. The van der Waals surface area contributed by atoms with Crippen LogP contribution in [0.25, 0.3) is 11.1 Å². The molecule has 2 nitrogen and oxygen atoms in total. The molecule has 0 bridgehead atoms. The molecular weight excluding hydrogens is 345 g/mol. The van der Waals surface area contributed by atoms with Gasteiger partial charge in [0, 0.05) is 11.6 Å². The van der Waals surface area contributed by atoms with Crippen LogP contribution in [-0.4, -0.2) is 18.3 Å². The van der Waals surface area contributed by atoms with Crippen molar-refractivity contribution in [3.63, 3.8) is 0 Å². The second kappa shape index (κ2) is 7.03. The van der Waals surface area contributed by atoms with Gasteiger partial charge in [0.1, 0.15) is 11.6 Å². The minimum Gasteiger partial charge on any atom is -0.399 e. The van der Waals surface area contributed by atoms with Gasteiger partial charge in [-0.2, -0.15) is 0 Å². The van der Waals surface area contributed by atoms with Crippen molar-refractivity contribution >= 4 is 12.6 Å². The average molecular weight is 372 g/mol. The van der Waals surface area contributed by atoms with Gasteiger partial charge in [-0.15, -0.1) is 0 Å². The summed E-state index contributed by atoms with van der Waals surface area (Å²) in [5, 5.41) is 0. The highest BCUT2D eigenvalue weighted by atomic mass is 19.1. The average Bonchev–Trinajstić information content (AvgIpc) is 2.74. The zero-order chi connectivity index (χ0) is 20.0. The summed E-state index contributed by atoms with van der Waals surface area (Å²) in [6.45, 7) is 12.3. The van der Waals surface area contributed by atoms with Crippen molar-refractivity contribution in [2.75, 3.05) is 0 Å². The van der Waals surface area contributed by atoms with Crippen molar-refractivity contribution in [1.82, 2.24) is 0 Å². The van der Waals surface area contributed by atoms with E-state index in [0.717, 1.165) is 23.5 Å². The molecule has 1 heterocycles. The summed E-state index contributed by atoms with van der Waals surface area (Å²) in [6, 6.07) is 9.58. The van der Waals surface area contributed by atoms with Gasteiger partial charge in [0.25, 0.3) is 0 Å². The lowest BCUT2D eigenvalue weighted by Crippen LogP contribution is -2.41. The van der Waals surface area contributed by atoms with E-state index in [2.05, 4.69) is 19.9 Å². The first-order valence-electron chi connectivity index (χ1n) is 9.43. The van der Waals surface area contributed by atoms with Crippen molar-refractivity contribution in [2.24, 2.45) is 5.92 Å². The SMILES string of the molecule is CC(C)Cc1cc(B2OC(C)(C)C(C)(C)O2)cc(-c2ccc(F)cc2F)c1. The Morgan fingerprint density at radius 3 is 2.11 bits per heavy atom. The van der Waals surface area contributed by atoms with Gasteiger partial charge in [-0.3, -0.25) is 0 Å². The van der Waals surface area contributed by atoms with E-state index < -0.39 is 30.0 Å². The zero-order valence-electron chi connectivity index (χ0n) is 16.9. The summed E-state index contributed by atoms with van der Waals surface area (Å²) in [4.78, 5) is 0. The van der Waals surface area contributed by atoms with Crippen LogP contribution in [0, 0.1) is 17.6 Å². The number of halogens is 2. The molecule has 0 N–H and O–H groups in total. The lowest BCUT2D eigenvalue weighted by atomic mass is 9.76. The third-order valence-electron chi connectivity index (χ3n) is 5.43.